The molecule has 8 rings (SSSR count). The van der Waals surface area contributed by atoms with Crippen LogP contribution < -0.4 is 0 Å². The van der Waals surface area contributed by atoms with Crippen LogP contribution >= 0.6 is 0 Å². The fourth-order valence-electron chi connectivity index (χ4n) is 12.6. The first-order chi connectivity index (χ1) is 26.4. The highest BCUT2D eigenvalue weighted by molar-refractivity contribution is 5.85. The maximum absolute atomic E-state index is 12.6. The lowest BCUT2D eigenvalue weighted by molar-refractivity contribution is -0.354. The SMILES string of the molecule is C[C@@H]1O[C@@H](O[C@@H]2CO[C@@H](O[C@H]3[C@@H](O)C[C@@H](O[C@H]4CC[C@@]5(C)[C@H](CC[C@@H]6[C@@H]5[C@H](O)C[C@]5(C)[C@@H](C7=CC(=O)OC7)CC[C@]65O)C4)O[C@@H]3C)[C@H](O)[C@H]2O)[C@H](O)[C@H](O)[C@H]1O. The summed E-state index contributed by atoms with van der Waals surface area (Å²) in [4.78, 5) is 11.9. The van der Waals surface area contributed by atoms with E-state index < -0.39 is 97.0 Å². The third-order valence-electron chi connectivity index (χ3n) is 15.7. The summed E-state index contributed by atoms with van der Waals surface area (Å²) in [6, 6.07) is 0. The molecular weight excluding hydrogens is 736 g/mol. The van der Waals surface area contributed by atoms with E-state index in [0.717, 1.165) is 44.1 Å². The summed E-state index contributed by atoms with van der Waals surface area (Å²) in [6.45, 7) is 7.61. The molecule has 0 spiro atoms. The van der Waals surface area contributed by atoms with Crippen LogP contribution in [-0.4, -0.2) is 158 Å². The van der Waals surface area contributed by atoms with Gasteiger partial charge in [0.2, 0.25) is 0 Å². The topological polar surface area (TPSA) is 244 Å². The highest BCUT2D eigenvalue weighted by atomic mass is 16.7. The van der Waals surface area contributed by atoms with E-state index >= 15 is 0 Å². The van der Waals surface area contributed by atoms with Gasteiger partial charge in [-0.15, -0.1) is 0 Å². The molecule has 0 amide bonds. The van der Waals surface area contributed by atoms with E-state index in [0.29, 0.717) is 12.8 Å². The van der Waals surface area contributed by atoms with Gasteiger partial charge in [0.25, 0.3) is 0 Å². The van der Waals surface area contributed by atoms with Gasteiger partial charge in [0.1, 0.15) is 49.3 Å². The van der Waals surface area contributed by atoms with Gasteiger partial charge >= 0.3 is 5.97 Å². The Hall–Kier alpha value is -1.35. The number of hydrogen-bond acceptors (Lipinski definition) is 16. The number of aliphatic hydroxyl groups excluding tert-OH is 7. The van der Waals surface area contributed by atoms with Crippen molar-refractivity contribution in [1.82, 2.24) is 0 Å². The maximum Gasteiger partial charge on any atom is 0.331 e. The molecule has 4 saturated carbocycles. The number of esters is 1. The van der Waals surface area contributed by atoms with Gasteiger partial charge in [0.05, 0.1) is 42.7 Å². The number of aliphatic hydroxyl groups is 8. The Bertz CT molecular complexity index is 1470. The van der Waals surface area contributed by atoms with E-state index in [1.165, 1.54) is 6.92 Å². The number of rotatable bonds is 7. The predicted octanol–water partition coefficient (Wildman–Crippen LogP) is -0.229. The molecule has 16 heteroatoms. The van der Waals surface area contributed by atoms with E-state index in [-0.39, 0.29) is 60.8 Å². The third kappa shape index (κ3) is 6.81. The van der Waals surface area contributed by atoms with Crippen LogP contribution in [0.1, 0.15) is 85.5 Å². The summed E-state index contributed by atoms with van der Waals surface area (Å²) in [5.74, 6) is -0.176. The zero-order valence-corrected chi connectivity index (χ0v) is 32.7. The Morgan fingerprint density at radius 3 is 2.23 bits per heavy atom. The van der Waals surface area contributed by atoms with E-state index in [9.17, 15) is 45.6 Å². The Morgan fingerprint density at radius 2 is 1.52 bits per heavy atom. The van der Waals surface area contributed by atoms with Gasteiger partial charge < -0.3 is 74.0 Å². The summed E-state index contributed by atoms with van der Waals surface area (Å²) >= 11 is 0. The summed E-state index contributed by atoms with van der Waals surface area (Å²) in [5.41, 5.74) is -0.741. The van der Waals surface area contributed by atoms with Crippen molar-refractivity contribution in [3.05, 3.63) is 11.6 Å². The smallest absolute Gasteiger partial charge is 0.331 e. The second-order valence-electron chi connectivity index (χ2n) is 18.7. The van der Waals surface area contributed by atoms with Crippen LogP contribution in [0.3, 0.4) is 0 Å². The zero-order valence-electron chi connectivity index (χ0n) is 32.7. The number of hydrogen-bond donors (Lipinski definition) is 8. The van der Waals surface area contributed by atoms with Crippen LogP contribution in [0.25, 0.3) is 0 Å². The van der Waals surface area contributed by atoms with Crippen molar-refractivity contribution >= 4 is 5.97 Å². The lowest BCUT2D eigenvalue weighted by Gasteiger charge is -2.65. The second-order valence-corrected chi connectivity index (χ2v) is 18.7. The minimum absolute atomic E-state index is 0.00322. The van der Waals surface area contributed by atoms with Crippen molar-refractivity contribution < 1.29 is 78.8 Å². The summed E-state index contributed by atoms with van der Waals surface area (Å²) in [5, 5.41) is 87.8. The standard InChI is InChI=1S/C40H62O16/c1-17-30(44)32(46)34(48)37(53-17)55-26-16-51-36(33(47)31(26)45)56-35-18(2)52-28(13-24(35)41)54-21-7-9-38(3)20(12-21)5-6-23-29(38)25(42)14-39(4)22(8-10-40(23,39)49)19-11-27(43)50-15-19/h11,17-18,20-26,28-37,41-42,44-49H,5-10,12-16H2,1-4H3/t17-,18+,20+,21-,22+,23+,24-,25+,26+,28+,29+,30-,31-,32+,33+,34+,35+,36-,37-,38-,39+,40-/m0/s1. The van der Waals surface area contributed by atoms with Crippen molar-refractivity contribution in [1.29, 1.82) is 0 Å². The summed E-state index contributed by atoms with van der Waals surface area (Å²) in [6.07, 6.45) is -8.73. The first-order valence-electron chi connectivity index (χ1n) is 20.7. The quantitative estimate of drug-likeness (QED) is 0.123. The van der Waals surface area contributed by atoms with Gasteiger partial charge in [-0.3, -0.25) is 0 Å². The van der Waals surface area contributed by atoms with Crippen LogP contribution in [0.4, 0.5) is 0 Å². The third-order valence-corrected chi connectivity index (χ3v) is 15.7. The molecule has 4 aliphatic heterocycles. The molecule has 22 atom stereocenters. The van der Waals surface area contributed by atoms with E-state index in [1.54, 1.807) is 13.0 Å². The van der Waals surface area contributed by atoms with Gasteiger partial charge in [0, 0.05) is 17.9 Å². The first kappa shape index (κ1) is 41.4. The molecule has 318 valence electrons. The first-order valence-corrected chi connectivity index (χ1v) is 20.7. The highest BCUT2D eigenvalue weighted by Crippen LogP contribution is 2.70. The molecule has 0 bridgehead atoms. The molecule has 0 unspecified atom stereocenters. The van der Waals surface area contributed by atoms with Crippen LogP contribution in [0.2, 0.25) is 0 Å². The number of ether oxygens (including phenoxy) is 7. The average Bonchev–Trinajstić information content (AvgIpc) is 3.69. The highest BCUT2D eigenvalue weighted by Gasteiger charge is 2.70. The minimum atomic E-state index is -1.60. The Labute approximate surface area is 327 Å². The number of fused-ring (bicyclic) bond motifs is 5. The lowest BCUT2D eigenvalue weighted by Crippen LogP contribution is -2.66. The van der Waals surface area contributed by atoms with Crippen molar-refractivity contribution in [3.8, 4) is 0 Å². The van der Waals surface area contributed by atoms with Crippen LogP contribution in [-0.2, 0) is 38.0 Å². The monoisotopic (exact) mass is 798 g/mol. The molecule has 16 nitrogen and oxygen atoms in total. The van der Waals surface area contributed by atoms with Gasteiger partial charge in [-0.2, -0.15) is 0 Å². The van der Waals surface area contributed by atoms with Gasteiger partial charge in [0.15, 0.2) is 18.9 Å². The largest absolute Gasteiger partial charge is 0.458 e. The molecule has 4 heterocycles. The average molecular weight is 799 g/mol. The molecule has 4 aliphatic carbocycles. The molecule has 7 fully saturated rings. The molecule has 8 N–H and O–H groups in total. The normalized spacial score (nSPS) is 56.1. The van der Waals surface area contributed by atoms with Crippen molar-refractivity contribution in [2.75, 3.05) is 13.2 Å². The molecule has 0 aromatic rings. The fraction of sp³-hybridized carbons (Fsp3) is 0.925. The molecule has 56 heavy (non-hydrogen) atoms. The zero-order chi connectivity index (χ0) is 40.1. The van der Waals surface area contributed by atoms with Gasteiger partial charge in [-0.25, -0.2) is 4.79 Å². The van der Waals surface area contributed by atoms with Crippen molar-refractivity contribution in [2.24, 2.45) is 34.5 Å². The predicted molar refractivity (Wildman–Crippen MR) is 191 cm³/mol. The van der Waals surface area contributed by atoms with Gasteiger partial charge in [-0.05, 0) is 99.9 Å². The molecule has 0 aromatic heterocycles. The number of carbonyl (C=O) groups is 1. The molecule has 8 aliphatic rings. The van der Waals surface area contributed by atoms with E-state index in [4.69, 9.17) is 33.2 Å². The molecule has 0 aromatic carbocycles. The van der Waals surface area contributed by atoms with Crippen LogP contribution in [0.15, 0.2) is 11.6 Å². The lowest BCUT2D eigenvalue weighted by atomic mass is 9.42. The summed E-state index contributed by atoms with van der Waals surface area (Å²) in [7, 11) is 0. The number of cyclic esters (lactones) is 1. The summed E-state index contributed by atoms with van der Waals surface area (Å²) < 4.78 is 40.7. The second kappa shape index (κ2) is 15.3. The Kier molecular flexibility index (Phi) is 11.3. The number of carbonyl (C=O) groups excluding carboxylic acids is 1. The molecular formula is C40H62O16. The molecule has 3 saturated heterocycles. The van der Waals surface area contributed by atoms with E-state index in [1.807, 2.05) is 0 Å². The maximum atomic E-state index is 12.6. The molecule has 0 radical (unpaired) electrons. The Morgan fingerprint density at radius 1 is 0.768 bits per heavy atom. The minimum Gasteiger partial charge on any atom is -0.458 e. The van der Waals surface area contributed by atoms with Crippen molar-refractivity contribution in [2.45, 2.75) is 183 Å². The van der Waals surface area contributed by atoms with E-state index in [2.05, 4.69) is 13.8 Å². The van der Waals surface area contributed by atoms with Crippen molar-refractivity contribution in [3.63, 3.8) is 0 Å². The van der Waals surface area contributed by atoms with Crippen LogP contribution in [0, 0.1) is 34.5 Å². The van der Waals surface area contributed by atoms with Crippen LogP contribution in [0.5, 0.6) is 0 Å². The fourth-order valence-corrected chi connectivity index (χ4v) is 12.6. The van der Waals surface area contributed by atoms with Gasteiger partial charge in [-0.1, -0.05) is 13.8 Å². The Balaban J connectivity index is 0.842.